The molecule has 5 rings (SSSR count). The van der Waals surface area contributed by atoms with Crippen LogP contribution in [0.3, 0.4) is 0 Å². The summed E-state index contributed by atoms with van der Waals surface area (Å²) in [6.07, 6.45) is 3.78. The summed E-state index contributed by atoms with van der Waals surface area (Å²) >= 11 is 0. The van der Waals surface area contributed by atoms with E-state index in [4.69, 9.17) is 4.42 Å². The van der Waals surface area contributed by atoms with Crippen molar-refractivity contribution in [2.24, 2.45) is 7.05 Å². The number of hydrogen-bond donors (Lipinski definition) is 1. The predicted molar refractivity (Wildman–Crippen MR) is 104 cm³/mol. The highest BCUT2D eigenvalue weighted by molar-refractivity contribution is 5.99. The van der Waals surface area contributed by atoms with Crippen LogP contribution in [0, 0.1) is 0 Å². The zero-order valence-corrected chi connectivity index (χ0v) is 15.5. The van der Waals surface area contributed by atoms with Gasteiger partial charge in [-0.2, -0.15) is 5.10 Å². The Balaban J connectivity index is 1.47. The van der Waals surface area contributed by atoms with Crippen molar-refractivity contribution in [1.82, 2.24) is 19.7 Å². The summed E-state index contributed by atoms with van der Waals surface area (Å²) < 4.78 is 6.90. The van der Waals surface area contributed by atoms with E-state index in [0.29, 0.717) is 17.6 Å². The average molecular weight is 374 g/mol. The van der Waals surface area contributed by atoms with E-state index in [1.54, 1.807) is 16.8 Å². The van der Waals surface area contributed by atoms with Crippen molar-refractivity contribution in [1.29, 1.82) is 0 Å². The minimum absolute atomic E-state index is 0.0101. The Labute approximate surface area is 160 Å². The number of nitrogens with zero attached hydrogens (tertiary/aromatic N) is 3. The van der Waals surface area contributed by atoms with E-state index >= 15 is 0 Å². The molecule has 0 saturated carbocycles. The number of carbonyl (C=O) groups excluding carboxylic acids is 1. The smallest absolute Gasteiger partial charge is 0.408 e. The number of rotatable bonds is 3. The number of H-pyrrole nitrogens is 1. The van der Waals surface area contributed by atoms with E-state index in [1.807, 2.05) is 49.5 Å². The number of oxazole rings is 1. The molecule has 3 heterocycles. The molecule has 140 valence electrons. The van der Waals surface area contributed by atoms with Crippen LogP contribution in [0.5, 0.6) is 0 Å². The molecule has 1 aliphatic heterocycles. The molecule has 1 atom stereocenters. The van der Waals surface area contributed by atoms with Gasteiger partial charge in [0.25, 0.3) is 5.91 Å². The lowest BCUT2D eigenvalue weighted by Crippen LogP contribution is -2.26. The molecular formula is C21H18N4O3. The number of amides is 1. The number of aromatic amines is 1. The molecule has 1 aliphatic rings. The van der Waals surface area contributed by atoms with Crippen LogP contribution in [0.4, 0.5) is 0 Å². The number of benzene rings is 2. The highest BCUT2D eigenvalue weighted by atomic mass is 16.4. The van der Waals surface area contributed by atoms with Crippen LogP contribution in [0.25, 0.3) is 22.2 Å². The van der Waals surface area contributed by atoms with Crippen molar-refractivity contribution in [3.05, 3.63) is 76.0 Å². The molecule has 1 amide bonds. The Morgan fingerprint density at radius 3 is 2.79 bits per heavy atom. The van der Waals surface area contributed by atoms with Crippen molar-refractivity contribution >= 4 is 17.0 Å². The van der Waals surface area contributed by atoms with Gasteiger partial charge in [0.05, 0.1) is 17.8 Å². The van der Waals surface area contributed by atoms with Crippen LogP contribution >= 0.6 is 0 Å². The summed E-state index contributed by atoms with van der Waals surface area (Å²) in [5, 5.41) is 4.22. The molecule has 0 spiro atoms. The number of fused-ring (bicyclic) bond motifs is 2. The summed E-state index contributed by atoms with van der Waals surface area (Å²) in [4.78, 5) is 28.8. The van der Waals surface area contributed by atoms with Crippen molar-refractivity contribution in [3.8, 4) is 11.1 Å². The maximum absolute atomic E-state index is 13.0. The second-order valence-electron chi connectivity index (χ2n) is 7.16. The van der Waals surface area contributed by atoms with Gasteiger partial charge in [-0.05, 0) is 47.9 Å². The van der Waals surface area contributed by atoms with Crippen LogP contribution in [-0.4, -0.2) is 25.6 Å². The van der Waals surface area contributed by atoms with Gasteiger partial charge in [-0.25, -0.2) is 4.79 Å². The summed E-state index contributed by atoms with van der Waals surface area (Å²) in [5.41, 5.74) is 5.88. The summed E-state index contributed by atoms with van der Waals surface area (Å²) in [6.45, 7) is 2.48. The van der Waals surface area contributed by atoms with Crippen LogP contribution in [-0.2, 0) is 13.6 Å². The number of carbonyl (C=O) groups is 1. The second-order valence-corrected chi connectivity index (χ2v) is 7.16. The number of hydrogen-bond acceptors (Lipinski definition) is 4. The van der Waals surface area contributed by atoms with E-state index in [9.17, 15) is 9.59 Å². The highest BCUT2D eigenvalue weighted by Crippen LogP contribution is 2.37. The summed E-state index contributed by atoms with van der Waals surface area (Å²) in [6, 6.07) is 11.4. The van der Waals surface area contributed by atoms with Gasteiger partial charge < -0.3 is 9.32 Å². The third kappa shape index (κ3) is 2.55. The molecule has 2 aromatic carbocycles. The SMILES string of the molecule is CC1c2cc(-c3cnn(C)c3)ccc2C(=O)N1Cc1ccc2[nH]c(=O)oc2c1. The quantitative estimate of drug-likeness (QED) is 0.597. The first-order valence-corrected chi connectivity index (χ1v) is 9.05. The first-order valence-electron chi connectivity index (χ1n) is 9.05. The van der Waals surface area contributed by atoms with Gasteiger partial charge in [0, 0.05) is 30.9 Å². The maximum Gasteiger partial charge on any atom is 0.417 e. The molecular weight excluding hydrogens is 356 g/mol. The molecule has 7 nitrogen and oxygen atoms in total. The van der Waals surface area contributed by atoms with Crippen molar-refractivity contribution in [3.63, 3.8) is 0 Å². The lowest BCUT2D eigenvalue weighted by Gasteiger charge is -2.22. The van der Waals surface area contributed by atoms with Crippen molar-refractivity contribution in [2.45, 2.75) is 19.5 Å². The average Bonchev–Trinajstić information content (AvgIpc) is 3.34. The predicted octanol–water partition coefficient (Wildman–Crippen LogP) is 3.24. The zero-order chi connectivity index (χ0) is 19.4. The number of aryl methyl sites for hydroxylation is 1. The third-order valence-corrected chi connectivity index (χ3v) is 5.34. The first-order chi connectivity index (χ1) is 13.5. The maximum atomic E-state index is 13.0. The molecule has 2 aromatic heterocycles. The minimum atomic E-state index is -0.479. The van der Waals surface area contributed by atoms with E-state index in [2.05, 4.69) is 16.1 Å². The normalized spacial score (nSPS) is 16.1. The lowest BCUT2D eigenvalue weighted by atomic mass is 9.99. The van der Waals surface area contributed by atoms with E-state index in [1.165, 1.54) is 0 Å². The van der Waals surface area contributed by atoms with Gasteiger partial charge in [0.15, 0.2) is 5.58 Å². The van der Waals surface area contributed by atoms with Gasteiger partial charge in [0.2, 0.25) is 0 Å². The molecule has 0 radical (unpaired) electrons. The Hall–Kier alpha value is -3.61. The van der Waals surface area contributed by atoms with Gasteiger partial charge in [-0.15, -0.1) is 0 Å². The Morgan fingerprint density at radius 1 is 1.14 bits per heavy atom. The fraction of sp³-hybridized carbons (Fsp3) is 0.190. The first kappa shape index (κ1) is 16.6. The number of nitrogens with one attached hydrogen (secondary N) is 1. The Morgan fingerprint density at radius 2 is 2.00 bits per heavy atom. The lowest BCUT2D eigenvalue weighted by molar-refractivity contribution is 0.0723. The summed E-state index contributed by atoms with van der Waals surface area (Å²) in [5.74, 6) is -0.469. The monoisotopic (exact) mass is 374 g/mol. The van der Waals surface area contributed by atoms with E-state index < -0.39 is 5.76 Å². The highest BCUT2D eigenvalue weighted by Gasteiger charge is 2.34. The number of aromatic nitrogens is 3. The molecule has 0 fully saturated rings. The van der Waals surface area contributed by atoms with Gasteiger partial charge in [-0.3, -0.25) is 14.5 Å². The standard InChI is InChI=1S/C21H18N4O3/c1-12-17-8-14(15-9-22-24(2)11-15)4-5-16(17)20(26)25(12)10-13-3-6-18-19(7-13)28-21(27)23-18/h3-9,11-12H,10H2,1-2H3,(H,23,27). The molecule has 28 heavy (non-hydrogen) atoms. The molecule has 7 heteroatoms. The van der Waals surface area contributed by atoms with Crippen molar-refractivity contribution < 1.29 is 9.21 Å². The molecule has 0 bridgehead atoms. The van der Waals surface area contributed by atoms with Crippen LogP contribution < -0.4 is 5.76 Å². The minimum Gasteiger partial charge on any atom is -0.408 e. The third-order valence-electron chi connectivity index (χ3n) is 5.34. The second kappa shape index (κ2) is 5.95. The van der Waals surface area contributed by atoms with Crippen LogP contribution in [0.2, 0.25) is 0 Å². The van der Waals surface area contributed by atoms with Gasteiger partial charge in [-0.1, -0.05) is 12.1 Å². The van der Waals surface area contributed by atoms with Crippen molar-refractivity contribution in [2.75, 3.05) is 0 Å². The van der Waals surface area contributed by atoms with Crippen LogP contribution in [0.15, 0.2) is 58.0 Å². The molecule has 0 saturated heterocycles. The summed E-state index contributed by atoms with van der Waals surface area (Å²) in [7, 11) is 1.88. The van der Waals surface area contributed by atoms with E-state index in [-0.39, 0.29) is 11.9 Å². The molecule has 4 aromatic rings. The van der Waals surface area contributed by atoms with Gasteiger partial charge >= 0.3 is 5.76 Å². The fourth-order valence-corrected chi connectivity index (χ4v) is 3.85. The molecule has 1 unspecified atom stereocenters. The van der Waals surface area contributed by atoms with E-state index in [0.717, 1.165) is 27.8 Å². The van der Waals surface area contributed by atoms with Crippen LogP contribution in [0.1, 0.15) is 34.5 Å². The fourth-order valence-electron chi connectivity index (χ4n) is 3.85. The largest absolute Gasteiger partial charge is 0.417 e. The Bertz CT molecular complexity index is 1280. The molecule has 1 N–H and O–H groups in total. The topological polar surface area (TPSA) is 84.1 Å². The zero-order valence-electron chi connectivity index (χ0n) is 15.5. The Kier molecular flexibility index (Phi) is 3.52. The van der Waals surface area contributed by atoms with Gasteiger partial charge in [0.1, 0.15) is 0 Å². The molecule has 0 aliphatic carbocycles.